The van der Waals surface area contributed by atoms with Crippen molar-refractivity contribution < 1.29 is 4.79 Å². The van der Waals surface area contributed by atoms with Crippen LogP contribution in [0.3, 0.4) is 0 Å². The number of nitrogens with two attached hydrogens (primary N) is 1. The predicted octanol–water partition coefficient (Wildman–Crippen LogP) is 1.13. The van der Waals surface area contributed by atoms with Crippen LogP contribution < -0.4 is 11.1 Å². The van der Waals surface area contributed by atoms with Gasteiger partial charge < -0.3 is 11.1 Å². The van der Waals surface area contributed by atoms with Crippen LogP contribution >= 0.6 is 0 Å². The van der Waals surface area contributed by atoms with Crippen LogP contribution in [0.2, 0.25) is 0 Å². The minimum Gasteiger partial charge on any atom is -0.352 e. The van der Waals surface area contributed by atoms with E-state index in [1.807, 2.05) is 13.0 Å². The lowest BCUT2D eigenvalue weighted by Crippen LogP contribution is -2.30. The smallest absolute Gasteiger partial charge is 0.223 e. The first-order valence-corrected chi connectivity index (χ1v) is 6.09. The third kappa shape index (κ3) is 3.03. The maximum Gasteiger partial charge on any atom is 0.223 e. The molecule has 3 N–H and O–H groups in total. The largest absolute Gasteiger partial charge is 0.352 e. The van der Waals surface area contributed by atoms with Gasteiger partial charge in [-0.25, -0.2) is 0 Å². The van der Waals surface area contributed by atoms with Crippen molar-refractivity contribution in [2.75, 3.05) is 0 Å². The molecule has 2 rings (SSSR count). The molecule has 1 aromatic heterocycles. The number of amides is 1. The van der Waals surface area contributed by atoms with Crippen LogP contribution in [0, 0.1) is 12.8 Å². The zero-order valence-corrected chi connectivity index (χ0v) is 10.1. The van der Waals surface area contributed by atoms with Crippen molar-refractivity contribution in [1.82, 2.24) is 10.3 Å². The van der Waals surface area contributed by atoms with E-state index in [4.69, 9.17) is 5.73 Å². The Morgan fingerprint density at radius 1 is 1.59 bits per heavy atom. The molecule has 1 heterocycles. The lowest BCUT2D eigenvalue weighted by Gasteiger charge is -2.11. The fraction of sp³-hybridized carbons (Fsp3) is 0.538. The topological polar surface area (TPSA) is 68.0 Å². The molecule has 0 bridgehead atoms. The lowest BCUT2D eigenvalue weighted by molar-refractivity contribution is -0.125. The molecule has 0 aliphatic heterocycles. The summed E-state index contributed by atoms with van der Waals surface area (Å²) < 4.78 is 0. The second kappa shape index (κ2) is 5.27. The Kier molecular flexibility index (Phi) is 3.74. The standard InChI is InChI=1S/C13H19N3O/c1-9-4-5-15-7-11(9)8-16-13(17)10-2-3-12(14)6-10/h4-5,7,10,12H,2-3,6,8,14H2,1H3,(H,16,17). The second-order valence-corrected chi connectivity index (χ2v) is 4.79. The summed E-state index contributed by atoms with van der Waals surface area (Å²) in [5, 5.41) is 2.97. The van der Waals surface area contributed by atoms with E-state index in [0.717, 1.165) is 30.4 Å². The normalized spacial score (nSPS) is 23.6. The molecule has 0 spiro atoms. The molecule has 1 amide bonds. The molecule has 0 saturated heterocycles. The SMILES string of the molecule is Cc1ccncc1CNC(=O)C1CCC(N)C1. The van der Waals surface area contributed by atoms with Crippen LogP contribution in [-0.4, -0.2) is 16.9 Å². The van der Waals surface area contributed by atoms with Crippen molar-refractivity contribution in [2.45, 2.75) is 38.8 Å². The summed E-state index contributed by atoms with van der Waals surface area (Å²) in [5.74, 6) is 0.225. The molecule has 0 radical (unpaired) electrons. The predicted molar refractivity (Wildman–Crippen MR) is 66.1 cm³/mol. The minimum atomic E-state index is 0.0991. The average Bonchev–Trinajstić information content (AvgIpc) is 2.74. The zero-order valence-electron chi connectivity index (χ0n) is 10.1. The number of hydrogen-bond donors (Lipinski definition) is 2. The van der Waals surface area contributed by atoms with E-state index >= 15 is 0 Å². The Labute approximate surface area is 102 Å². The fourth-order valence-corrected chi connectivity index (χ4v) is 2.26. The van der Waals surface area contributed by atoms with Gasteiger partial charge in [0.1, 0.15) is 0 Å². The molecular formula is C13H19N3O. The third-order valence-electron chi connectivity index (χ3n) is 3.44. The Bertz CT molecular complexity index is 405. The van der Waals surface area contributed by atoms with Crippen molar-refractivity contribution in [2.24, 2.45) is 11.7 Å². The van der Waals surface area contributed by atoms with Gasteiger partial charge in [-0.3, -0.25) is 9.78 Å². The number of pyridine rings is 1. The van der Waals surface area contributed by atoms with Gasteiger partial charge in [-0.05, 0) is 43.4 Å². The van der Waals surface area contributed by atoms with E-state index in [9.17, 15) is 4.79 Å². The number of carbonyl (C=O) groups excluding carboxylic acids is 1. The van der Waals surface area contributed by atoms with E-state index in [2.05, 4.69) is 10.3 Å². The molecule has 1 fully saturated rings. The van der Waals surface area contributed by atoms with Crippen molar-refractivity contribution in [1.29, 1.82) is 0 Å². The highest BCUT2D eigenvalue weighted by Gasteiger charge is 2.27. The Morgan fingerprint density at radius 3 is 3.06 bits per heavy atom. The van der Waals surface area contributed by atoms with Crippen molar-refractivity contribution in [3.05, 3.63) is 29.6 Å². The summed E-state index contributed by atoms with van der Waals surface area (Å²) in [5.41, 5.74) is 8.03. The van der Waals surface area contributed by atoms with Gasteiger partial charge in [0.2, 0.25) is 5.91 Å². The summed E-state index contributed by atoms with van der Waals surface area (Å²) >= 11 is 0. The van der Waals surface area contributed by atoms with Crippen molar-refractivity contribution in [3.63, 3.8) is 0 Å². The first kappa shape index (κ1) is 12.0. The van der Waals surface area contributed by atoms with Crippen molar-refractivity contribution >= 4 is 5.91 Å². The van der Waals surface area contributed by atoms with Gasteiger partial charge in [0, 0.05) is 30.9 Å². The van der Waals surface area contributed by atoms with Gasteiger partial charge in [-0.1, -0.05) is 0 Å². The van der Waals surface area contributed by atoms with Gasteiger partial charge in [0.15, 0.2) is 0 Å². The van der Waals surface area contributed by atoms with Gasteiger partial charge in [0.25, 0.3) is 0 Å². The molecule has 1 aliphatic rings. The van der Waals surface area contributed by atoms with E-state index in [-0.39, 0.29) is 17.9 Å². The molecule has 4 heteroatoms. The zero-order chi connectivity index (χ0) is 12.3. The summed E-state index contributed by atoms with van der Waals surface area (Å²) in [6.07, 6.45) is 6.26. The highest BCUT2D eigenvalue weighted by Crippen LogP contribution is 2.24. The maximum absolute atomic E-state index is 11.9. The fourth-order valence-electron chi connectivity index (χ4n) is 2.26. The highest BCUT2D eigenvalue weighted by molar-refractivity contribution is 5.79. The third-order valence-corrected chi connectivity index (χ3v) is 3.44. The second-order valence-electron chi connectivity index (χ2n) is 4.79. The molecule has 2 unspecified atom stereocenters. The Morgan fingerprint density at radius 2 is 2.41 bits per heavy atom. The molecule has 0 aromatic carbocycles. The number of hydrogen-bond acceptors (Lipinski definition) is 3. The number of rotatable bonds is 3. The van der Waals surface area contributed by atoms with E-state index in [1.165, 1.54) is 0 Å². The van der Waals surface area contributed by atoms with Crippen LogP contribution in [0.1, 0.15) is 30.4 Å². The highest BCUT2D eigenvalue weighted by atomic mass is 16.1. The average molecular weight is 233 g/mol. The monoisotopic (exact) mass is 233 g/mol. The van der Waals surface area contributed by atoms with Crippen LogP contribution in [0.25, 0.3) is 0 Å². The molecule has 4 nitrogen and oxygen atoms in total. The minimum absolute atomic E-state index is 0.0991. The first-order valence-electron chi connectivity index (χ1n) is 6.09. The molecule has 17 heavy (non-hydrogen) atoms. The molecule has 1 saturated carbocycles. The summed E-state index contributed by atoms with van der Waals surface area (Å²) in [6.45, 7) is 2.58. The van der Waals surface area contributed by atoms with Gasteiger partial charge in [-0.15, -0.1) is 0 Å². The number of nitrogens with one attached hydrogen (secondary N) is 1. The molecule has 1 aromatic rings. The van der Waals surface area contributed by atoms with Gasteiger partial charge in [-0.2, -0.15) is 0 Å². The molecule has 1 aliphatic carbocycles. The molecule has 2 atom stereocenters. The summed E-state index contributed by atoms with van der Waals surface area (Å²) in [6, 6.07) is 2.15. The number of aromatic nitrogens is 1. The quantitative estimate of drug-likeness (QED) is 0.822. The number of carbonyl (C=O) groups is 1. The van der Waals surface area contributed by atoms with E-state index < -0.39 is 0 Å². The van der Waals surface area contributed by atoms with Crippen molar-refractivity contribution in [3.8, 4) is 0 Å². The summed E-state index contributed by atoms with van der Waals surface area (Å²) in [7, 11) is 0. The molecular weight excluding hydrogens is 214 g/mol. The Hall–Kier alpha value is -1.42. The van der Waals surface area contributed by atoms with Crippen LogP contribution in [0.4, 0.5) is 0 Å². The van der Waals surface area contributed by atoms with Crippen LogP contribution in [0.5, 0.6) is 0 Å². The van der Waals surface area contributed by atoms with E-state index in [1.54, 1.807) is 12.4 Å². The van der Waals surface area contributed by atoms with Gasteiger partial charge >= 0.3 is 0 Å². The van der Waals surface area contributed by atoms with E-state index in [0.29, 0.717) is 6.54 Å². The van der Waals surface area contributed by atoms with Gasteiger partial charge in [0.05, 0.1) is 0 Å². The maximum atomic E-state index is 11.9. The Balaban J connectivity index is 1.86. The first-order chi connectivity index (χ1) is 8.16. The number of aryl methyl sites for hydroxylation is 1. The number of nitrogens with zero attached hydrogens (tertiary/aromatic N) is 1. The molecule has 92 valence electrons. The van der Waals surface area contributed by atoms with Crippen LogP contribution in [0.15, 0.2) is 18.5 Å². The lowest BCUT2D eigenvalue weighted by atomic mass is 10.1. The van der Waals surface area contributed by atoms with Crippen LogP contribution in [-0.2, 0) is 11.3 Å². The summed E-state index contributed by atoms with van der Waals surface area (Å²) in [4.78, 5) is 16.0.